The van der Waals surface area contributed by atoms with Crippen molar-refractivity contribution in [1.82, 2.24) is 15.0 Å². The zero-order valence-corrected chi connectivity index (χ0v) is 29.7. The minimum absolute atomic E-state index is 0. The number of pyridine rings is 1. The average molecular weight is 783 g/mol. The van der Waals surface area contributed by atoms with Crippen LogP contribution >= 0.6 is 0 Å². The van der Waals surface area contributed by atoms with E-state index in [0.29, 0.717) is 5.69 Å². The summed E-state index contributed by atoms with van der Waals surface area (Å²) < 4.78 is 5.64. The molecule has 239 valence electrons. The van der Waals surface area contributed by atoms with Gasteiger partial charge in [-0.05, 0) is 49.3 Å². The van der Waals surface area contributed by atoms with Gasteiger partial charge in [-0.15, -0.1) is 29.1 Å². The molecule has 5 aromatic rings. The maximum absolute atomic E-state index is 11.7. The van der Waals surface area contributed by atoms with Gasteiger partial charge >= 0.3 is 0 Å². The molecule has 3 aromatic heterocycles. The third kappa shape index (κ3) is 8.53. The second-order valence-electron chi connectivity index (χ2n) is 12.2. The smallest absolute Gasteiger partial charge is 0.162 e. The molecule has 0 fully saturated rings. The van der Waals surface area contributed by atoms with E-state index >= 15 is 0 Å². The Morgan fingerprint density at radius 2 is 1.58 bits per heavy atom. The number of aromatic nitrogens is 3. The quantitative estimate of drug-likeness (QED) is 0.0910. The number of fused-ring (bicyclic) bond motifs is 2. The van der Waals surface area contributed by atoms with Crippen LogP contribution in [0.4, 0.5) is 0 Å². The topological polar surface area (TPSA) is 89.1 Å². The molecule has 1 N–H and O–H groups in total. The Balaban J connectivity index is 0.000000297. The first-order chi connectivity index (χ1) is 21.1. The van der Waals surface area contributed by atoms with E-state index in [0.717, 1.165) is 59.0 Å². The van der Waals surface area contributed by atoms with Gasteiger partial charge in [0.2, 0.25) is 0 Å². The number of benzene rings is 2. The Morgan fingerprint density at radius 1 is 0.911 bits per heavy atom. The van der Waals surface area contributed by atoms with Gasteiger partial charge in [-0.25, -0.2) is 4.98 Å². The molecular weight excluding hydrogens is 739 g/mol. The summed E-state index contributed by atoms with van der Waals surface area (Å²) in [5.74, 6) is 0.547. The zero-order valence-electron chi connectivity index (χ0n) is 27.4. The predicted octanol–water partition coefficient (Wildman–Crippen LogP) is 10.1. The molecule has 6 nitrogen and oxygen atoms in total. The summed E-state index contributed by atoms with van der Waals surface area (Å²) in [6, 6.07) is 19.9. The molecule has 7 heteroatoms. The van der Waals surface area contributed by atoms with Crippen LogP contribution in [0.1, 0.15) is 79.7 Å². The molecule has 0 bridgehead atoms. The molecule has 0 aliphatic carbocycles. The summed E-state index contributed by atoms with van der Waals surface area (Å²) in [5, 5.41) is 13.1. The van der Waals surface area contributed by atoms with E-state index in [2.05, 4.69) is 66.1 Å². The third-order valence-electron chi connectivity index (χ3n) is 8.22. The molecule has 0 atom stereocenters. The number of hydrogen-bond donors (Lipinski definition) is 1. The minimum Gasteiger partial charge on any atom is -0.512 e. The van der Waals surface area contributed by atoms with Gasteiger partial charge in [0.25, 0.3) is 0 Å². The minimum atomic E-state index is 0. The van der Waals surface area contributed by atoms with Crippen molar-refractivity contribution >= 4 is 27.5 Å². The van der Waals surface area contributed by atoms with Crippen LogP contribution in [0.25, 0.3) is 44.4 Å². The Labute approximate surface area is 280 Å². The van der Waals surface area contributed by atoms with E-state index in [9.17, 15) is 9.90 Å². The Kier molecular flexibility index (Phi) is 12.8. The molecule has 0 aliphatic rings. The Morgan fingerprint density at radius 3 is 2.24 bits per heavy atom. The molecule has 45 heavy (non-hydrogen) atoms. The fourth-order valence-electron chi connectivity index (χ4n) is 5.48. The number of allylic oxidation sites excluding steroid dienone is 2. The van der Waals surface area contributed by atoms with E-state index < -0.39 is 0 Å². The van der Waals surface area contributed by atoms with Crippen LogP contribution in [0.2, 0.25) is 0 Å². The van der Waals surface area contributed by atoms with E-state index in [1.165, 1.54) is 17.0 Å². The van der Waals surface area contributed by atoms with Crippen LogP contribution in [0.15, 0.2) is 83.6 Å². The van der Waals surface area contributed by atoms with Crippen molar-refractivity contribution in [3.8, 4) is 22.6 Å². The number of aliphatic hydroxyl groups excluding tert-OH is 1. The summed E-state index contributed by atoms with van der Waals surface area (Å²) in [6.45, 7) is 14.8. The van der Waals surface area contributed by atoms with Gasteiger partial charge in [0.05, 0.1) is 17.7 Å². The zero-order chi connectivity index (χ0) is 31.9. The summed E-state index contributed by atoms with van der Waals surface area (Å²) >= 11 is 0. The van der Waals surface area contributed by atoms with E-state index in [1.807, 2.05) is 52.0 Å². The molecule has 0 amide bonds. The summed E-state index contributed by atoms with van der Waals surface area (Å²) in [6.07, 6.45) is 9.93. The van der Waals surface area contributed by atoms with Crippen LogP contribution in [-0.2, 0) is 30.3 Å². The third-order valence-corrected chi connectivity index (χ3v) is 8.22. The number of hydrogen-bond acceptors (Lipinski definition) is 6. The SMILES string of the molecule is CC(C)(C)c1cc(-c2cc(-c3nccc4ccoc34)ncn2)[c-]c2ccccc12.CCC(CC)C(=O)/C=C(\O)C(CC)CC.[Ir]. The normalized spacial score (nSPS) is 11.9. The first kappa shape index (κ1) is 35.8. The van der Waals surface area contributed by atoms with Gasteiger partial charge in [0, 0.05) is 55.3 Å². The number of furan rings is 1. The van der Waals surface area contributed by atoms with E-state index in [4.69, 9.17) is 4.42 Å². The fraction of sp³-hybridized carbons (Fsp3) is 0.368. The summed E-state index contributed by atoms with van der Waals surface area (Å²) in [7, 11) is 0. The van der Waals surface area contributed by atoms with Crippen molar-refractivity contribution in [3.05, 3.63) is 90.8 Å². The fourth-order valence-corrected chi connectivity index (χ4v) is 5.48. The van der Waals surface area contributed by atoms with E-state index in [1.54, 1.807) is 18.8 Å². The van der Waals surface area contributed by atoms with Crippen molar-refractivity contribution in [2.24, 2.45) is 11.8 Å². The van der Waals surface area contributed by atoms with Crippen molar-refractivity contribution < 1.29 is 34.4 Å². The van der Waals surface area contributed by atoms with Crippen molar-refractivity contribution in [1.29, 1.82) is 0 Å². The number of aliphatic hydroxyl groups is 1. The molecule has 0 unspecified atom stereocenters. The van der Waals surface area contributed by atoms with Gasteiger partial charge in [-0.2, -0.15) is 0 Å². The molecular formula is C38H44IrN3O3-. The van der Waals surface area contributed by atoms with Crippen LogP contribution in [0.5, 0.6) is 0 Å². The molecule has 0 aliphatic heterocycles. The largest absolute Gasteiger partial charge is 0.512 e. The second kappa shape index (κ2) is 16.1. The monoisotopic (exact) mass is 783 g/mol. The summed E-state index contributed by atoms with van der Waals surface area (Å²) in [4.78, 5) is 25.2. The van der Waals surface area contributed by atoms with Crippen molar-refractivity contribution in [3.63, 3.8) is 0 Å². The van der Waals surface area contributed by atoms with Crippen LogP contribution in [0, 0.1) is 17.9 Å². The molecule has 5 rings (SSSR count). The number of nitrogens with zero attached hydrogens (tertiary/aromatic N) is 3. The maximum Gasteiger partial charge on any atom is 0.162 e. The average Bonchev–Trinajstić information content (AvgIpc) is 3.51. The summed E-state index contributed by atoms with van der Waals surface area (Å²) in [5.41, 5.74) is 5.21. The molecule has 3 heterocycles. The molecule has 0 saturated carbocycles. The van der Waals surface area contributed by atoms with Crippen LogP contribution in [0.3, 0.4) is 0 Å². The van der Waals surface area contributed by atoms with Gasteiger partial charge in [-0.3, -0.25) is 14.8 Å². The van der Waals surface area contributed by atoms with Gasteiger partial charge < -0.3 is 9.52 Å². The van der Waals surface area contributed by atoms with E-state index in [-0.39, 0.29) is 48.9 Å². The standard InChI is InChI=1S/C25H20N3O.C13H24O2.Ir/c1-25(2,3)20-13-18(12-17-6-4-5-7-19(17)20)21-14-22(28-15-27-21)23-24-16(8-10-26-23)9-11-29-24;1-5-10(6-2)12(14)9-13(15)11(7-3)8-4;/h4-11,13-15H,1-3H3;9-11,14H,5-8H2,1-4H3;/q-1;;/b;12-9-;. The number of carbonyl (C=O) groups is 1. The van der Waals surface area contributed by atoms with Crippen LogP contribution < -0.4 is 0 Å². The molecule has 2 aromatic carbocycles. The second-order valence-corrected chi connectivity index (χ2v) is 12.2. The van der Waals surface area contributed by atoms with Crippen LogP contribution in [-0.4, -0.2) is 25.8 Å². The Hall–Kier alpha value is -3.67. The molecule has 1 radical (unpaired) electrons. The molecule has 0 saturated heterocycles. The first-order valence-corrected chi connectivity index (χ1v) is 15.7. The number of carbonyl (C=O) groups excluding carboxylic acids is 1. The van der Waals surface area contributed by atoms with Gasteiger partial charge in [0.1, 0.15) is 12.0 Å². The van der Waals surface area contributed by atoms with Crippen molar-refractivity contribution in [2.75, 3.05) is 0 Å². The predicted molar refractivity (Wildman–Crippen MR) is 179 cm³/mol. The molecule has 0 spiro atoms. The van der Waals surface area contributed by atoms with Crippen molar-refractivity contribution in [2.45, 2.75) is 79.6 Å². The number of ketones is 1. The number of rotatable bonds is 9. The Bertz CT molecular complexity index is 1740. The maximum atomic E-state index is 11.7. The van der Waals surface area contributed by atoms with Gasteiger partial charge in [-0.1, -0.05) is 77.6 Å². The first-order valence-electron chi connectivity index (χ1n) is 15.7. The van der Waals surface area contributed by atoms with Gasteiger partial charge in [0.15, 0.2) is 11.4 Å².